The quantitative estimate of drug-likeness (QED) is 0.382. The molecule has 0 radical (unpaired) electrons. The minimum atomic E-state index is 0.343. The van der Waals surface area contributed by atoms with E-state index >= 15 is 0 Å². The van der Waals surface area contributed by atoms with Crippen LogP contribution in [-0.4, -0.2) is 31.1 Å². The molecule has 0 aliphatic heterocycles. The van der Waals surface area contributed by atoms with E-state index in [1.165, 1.54) is 22.3 Å². The minimum absolute atomic E-state index is 0.343. The van der Waals surface area contributed by atoms with Gasteiger partial charge in [0, 0.05) is 17.5 Å². The molecule has 0 N–H and O–H groups in total. The van der Waals surface area contributed by atoms with Gasteiger partial charge in [0.2, 0.25) is 0 Å². The first kappa shape index (κ1) is 21.9. The van der Waals surface area contributed by atoms with Gasteiger partial charge in [-0.25, -0.2) is 0 Å². The van der Waals surface area contributed by atoms with E-state index in [0.717, 1.165) is 49.9 Å². The average molecular weight is 434 g/mol. The number of halogens is 1. The first-order valence-corrected chi connectivity index (χ1v) is 11.9. The molecule has 0 amide bonds. The van der Waals surface area contributed by atoms with Gasteiger partial charge in [0.15, 0.2) is 0 Å². The van der Waals surface area contributed by atoms with E-state index in [2.05, 4.69) is 79.4 Å². The molecule has 0 fully saturated rings. The molecule has 0 aromatic heterocycles. The third kappa shape index (κ3) is 5.14. The Labute approximate surface area is 191 Å². The second-order valence-electron chi connectivity index (χ2n) is 8.32. The van der Waals surface area contributed by atoms with Crippen molar-refractivity contribution in [3.8, 4) is 5.75 Å². The van der Waals surface area contributed by atoms with E-state index in [1.54, 1.807) is 0 Å². The van der Waals surface area contributed by atoms with Gasteiger partial charge in [-0.05, 0) is 78.4 Å². The van der Waals surface area contributed by atoms with Crippen LogP contribution in [0.4, 0.5) is 0 Å². The fraction of sp³-hybridized carbons (Fsp3) is 0.357. The average Bonchev–Trinajstić information content (AvgIpc) is 2.82. The Hall–Kier alpha value is -2.29. The van der Waals surface area contributed by atoms with Gasteiger partial charge < -0.3 is 9.64 Å². The number of fused-ring (bicyclic) bond motifs is 1. The van der Waals surface area contributed by atoms with Crippen LogP contribution in [0.25, 0.3) is 0 Å². The van der Waals surface area contributed by atoms with Crippen LogP contribution in [-0.2, 0) is 6.42 Å². The summed E-state index contributed by atoms with van der Waals surface area (Å²) in [5.41, 5.74) is 5.63. The number of ether oxygens (including phenoxy) is 1. The summed E-state index contributed by atoms with van der Waals surface area (Å²) in [5.74, 6) is 1.74. The van der Waals surface area contributed by atoms with Crippen LogP contribution in [0, 0.1) is 0 Å². The fourth-order valence-electron chi connectivity index (χ4n) is 4.84. The van der Waals surface area contributed by atoms with Crippen LogP contribution < -0.4 is 4.74 Å². The second kappa shape index (κ2) is 10.3. The topological polar surface area (TPSA) is 12.5 Å². The van der Waals surface area contributed by atoms with Crippen molar-refractivity contribution >= 4 is 11.6 Å². The van der Waals surface area contributed by atoms with Gasteiger partial charge >= 0.3 is 0 Å². The maximum Gasteiger partial charge on any atom is 0.119 e. The smallest absolute Gasteiger partial charge is 0.119 e. The summed E-state index contributed by atoms with van der Waals surface area (Å²) in [4.78, 5) is 2.38. The van der Waals surface area contributed by atoms with Crippen molar-refractivity contribution in [2.45, 2.75) is 38.5 Å². The molecule has 3 heteroatoms. The molecule has 0 heterocycles. The van der Waals surface area contributed by atoms with Crippen molar-refractivity contribution in [2.75, 3.05) is 26.2 Å². The van der Waals surface area contributed by atoms with Crippen molar-refractivity contribution in [1.82, 2.24) is 4.90 Å². The standard InChI is InChI=1S/C28H32ClNO/c1-3-30(4-2)19-20-31-25-16-11-23(12-17-25)28-26-8-6-5-7-21(26)13-18-27(28)22-9-14-24(29)15-10-22/h5-12,14-17,27-28H,3-4,13,18-20H2,1-2H3/t27-,28+/m0/s1. The molecule has 1 aliphatic rings. The van der Waals surface area contributed by atoms with Crippen molar-refractivity contribution in [3.63, 3.8) is 0 Å². The lowest BCUT2D eigenvalue weighted by molar-refractivity contribution is 0.223. The fourth-order valence-corrected chi connectivity index (χ4v) is 4.97. The van der Waals surface area contributed by atoms with E-state index in [-0.39, 0.29) is 0 Å². The zero-order chi connectivity index (χ0) is 21.6. The van der Waals surface area contributed by atoms with Crippen LogP contribution in [0.15, 0.2) is 72.8 Å². The summed E-state index contributed by atoms with van der Waals surface area (Å²) in [5, 5.41) is 0.794. The number of benzene rings is 3. The number of nitrogens with zero attached hydrogens (tertiary/aromatic N) is 1. The van der Waals surface area contributed by atoms with Crippen LogP contribution in [0.2, 0.25) is 5.02 Å². The Morgan fingerprint density at radius 2 is 1.55 bits per heavy atom. The second-order valence-corrected chi connectivity index (χ2v) is 8.75. The maximum atomic E-state index is 6.17. The molecule has 31 heavy (non-hydrogen) atoms. The van der Waals surface area contributed by atoms with E-state index in [1.807, 2.05) is 12.1 Å². The summed E-state index contributed by atoms with van der Waals surface area (Å²) >= 11 is 6.17. The predicted octanol–water partition coefficient (Wildman–Crippen LogP) is 6.92. The number of hydrogen-bond acceptors (Lipinski definition) is 2. The molecule has 3 aromatic rings. The SMILES string of the molecule is CCN(CC)CCOc1ccc([C@@H]2c3ccccc3CC[C@H]2c2ccc(Cl)cc2)cc1. The van der Waals surface area contributed by atoms with Gasteiger partial charge in [0.05, 0.1) is 0 Å². The minimum Gasteiger partial charge on any atom is -0.492 e. The molecule has 0 unspecified atom stereocenters. The van der Waals surface area contributed by atoms with Crippen LogP contribution >= 0.6 is 11.6 Å². The third-order valence-corrected chi connectivity index (χ3v) is 6.88. The van der Waals surface area contributed by atoms with Gasteiger partial charge in [-0.15, -0.1) is 0 Å². The van der Waals surface area contributed by atoms with Crippen LogP contribution in [0.5, 0.6) is 5.75 Å². The lowest BCUT2D eigenvalue weighted by atomic mass is 9.69. The summed E-state index contributed by atoms with van der Waals surface area (Å²) in [7, 11) is 0. The highest BCUT2D eigenvalue weighted by atomic mass is 35.5. The normalized spacial score (nSPS) is 18.1. The summed E-state index contributed by atoms with van der Waals surface area (Å²) in [6.45, 7) is 8.19. The van der Waals surface area contributed by atoms with Crippen LogP contribution in [0.1, 0.15) is 54.4 Å². The van der Waals surface area contributed by atoms with Gasteiger partial charge in [-0.3, -0.25) is 0 Å². The molecular formula is C28H32ClNO. The molecule has 1 aliphatic carbocycles. The Balaban J connectivity index is 1.57. The number of rotatable bonds is 8. The number of aryl methyl sites for hydroxylation is 1. The van der Waals surface area contributed by atoms with Gasteiger partial charge in [0.25, 0.3) is 0 Å². The lowest BCUT2D eigenvalue weighted by Gasteiger charge is -2.34. The van der Waals surface area contributed by atoms with E-state index in [4.69, 9.17) is 16.3 Å². The van der Waals surface area contributed by atoms with E-state index < -0.39 is 0 Å². The molecular weight excluding hydrogens is 402 g/mol. The molecule has 2 nitrogen and oxygen atoms in total. The molecule has 2 atom stereocenters. The molecule has 162 valence electrons. The highest BCUT2D eigenvalue weighted by molar-refractivity contribution is 6.30. The molecule has 4 rings (SSSR count). The predicted molar refractivity (Wildman–Crippen MR) is 131 cm³/mol. The highest BCUT2D eigenvalue weighted by Gasteiger charge is 2.31. The summed E-state index contributed by atoms with van der Waals surface area (Å²) in [6, 6.07) is 26.1. The lowest BCUT2D eigenvalue weighted by Crippen LogP contribution is -2.27. The first-order chi connectivity index (χ1) is 15.2. The molecule has 0 saturated heterocycles. The largest absolute Gasteiger partial charge is 0.492 e. The zero-order valence-corrected chi connectivity index (χ0v) is 19.3. The number of likely N-dealkylation sites (N-methyl/N-ethyl adjacent to an activating group) is 1. The Morgan fingerprint density at radius 1 is 0.871 bits per heavy atom. The van der Waals surface area contributed by atoms with Crippen molar-refractivity contribution in [2.24, 2.45) is 0 Å². The van der Waals surface area contributed by atoms with Crippen LogP contribution in [0.3, 0.4) is 0 Å². The Bertz CT molecular complexity index is 963. The van der Waals surface area contributed by atoms with Gasteiger partial charge in [0.1, 0.15) is 12.4 Å². The Morgan fingerprint density at radius 3 is 2.26 bits per heavy atom. The summed E-state index contributed by atoms with van der Waals surface area (Å²) in [6.07, 6.45) is 2.26. The van der Waals surface area contributed by atoms with Gasteiger partial charge in [-0.1, -0.05) is 74.0 Å². The molecule has 0 saturated carbocycles. The first-order valence-electron chi connectivity index (χ1n) is 11.5. The maximum absolute atomic E-state index is 6.17. The monoisotopic (exact) mass is 433 g/mol. The Kier molecular flexibility index (Phi) is 7.32. The van der Waals surface area contributed by atoms with E-state index in [0.29, 0.717) is 11.8 Å². The molecule has 0 spiro atoms. The molecule has 3 aromatic carbocycles. The van der Waals surface area contributed by atoms with Gasteiger partial charge in [-0.2, -0.15) is 0 Å². The molecule has 0 bridgehead atoms. The van der Waals surface area contributed by atoms with Crippen molar-refractivity contribution in [3.05, 3.63) is 100 Å². The third-order valence-electron chi connectivity index (χ3n) is 6.63. The zero-order valence-electron chi connectivity index (χ0n) is 18.6. The van der Waals surface area contributed by atoms with Crippen molar-refractivity contribution < 1.29 is 4.74 Å². The van der Waals surface area contributed by atoms with Crippen molar-refractivity contribution in [1.29, 1.82) is 0 Å². The summed E-state index contributed by atoms with van der Waals surface area (Å²) < 4.78 is 6.02. The highest BCUT2D eigenvalue weighted by Crippen LogP contribution is 2.46. The number of hydrogen-bond donors (Lipinski definition) is 0. The van der Waals surface area contributed by atoms with E-state index in [9.17, 15) is 0 Å².